The van der Waals surface area contributed by atoms with Gasteiger partial charge in [-0.05, 0) is 49.2 Å². The number of amides is 1. The number of aryl methyl sites for hydroxylation is 2. The lowest BCUT2D eigenvalue weighted by Crippen LogP contribution is -2.11. The third-order valence-corrected chi connectivity index (χ3v) is 5.47. The molecule has 2 N–H and O–H groups in total. The van der Waals surface area contributed by atoms with Crippen LogP contribution in [-0.2, 0) is 6.54 Å². The van der Waals surface area contributed by atoms with Crippen molar-refractivity contribution in [2.45, 2.75) is 20.4 Å². The molecule has 4 aromatic rings. The lowest BCUT2D eigenvalue weighted by Gasteiger charge is -2.09. The summed E-state index contributed by atoms with van der Waals surface area (Å²) in [5, 5.41) is 7.30. The van der Waals surface area contributed by atoms with E-state index in [-0.39, 0.29) is 11.7 Å². The number of fused-ring (bicyclic) bond motifs is 1. The third-order valence-electron chi connectivity index (χ3n) is 4.36. The summed E-state index contributed by atoms with van der Waals surface area (Å²) in [6, 6.07) is 11.0. The van der Waals surface area contributed by atoms with Crippen LogP contribution in [0, 0.1) is 13.8 Å². The van der Waals surface area contributed by atoms with E-state index in [4.69, 9.17) is 4.42 Å². The lowest BCUT2D eigenvalue weighted by atomic mass is 10.2. The average Bonchev–Trinajstić information content (AvgIpc) is 3.30. The van der Waals surface area contributed by atoms with Crippen molar-refractivity contribution in [3.8, 4) is 0 Å². The first-order valence-corrected chi connectivity index (χ1v) is 9.32. The second-order valence-corrected chi connectivity index (χ2v) is 7.37. The molecule has 0 fully saturated rings. The van der Waals surface area contributed by atoms with Crippen LogP contribution >= 0.6 is 11.3 Å². The Balaban J connectivity index is 1.50. The molecular formula is C20H18N4O2S. The van der Waals surface area contributed by atoms with E-state index >= 15 is 0 Å². The zero-order valence-electron chi connectivity index (χ0n) is 14.9. The van der Waals surface area contributed by atoms with E-state index in [1.165, 1.54) is 16.7 Å². The number of carbonyl (C=O) groups is 1. The van der Waals surface area contributed by atoms with E-state index < -0.39 is 0 Å². The van der Waals surface area contributed by atoms with Gasteiger partial charge >= 0.3 is 0 Å². The Labute approximate surface area is 160 Å². The van der Waals surface area contributed by atoms with E-state index in [1.807, 2.05) is 24.3 Å². The number of nitrogens with zero attached hydrogens (tertiary/aromatic N) is 2. The Morgan fingerprint density at radius 2 is 2.07 bits per heavy atom. The van der Waals surface area contributed by atoms with Gasteiger partial charge in [0.1, 0.15) is 17.0 Å². The number of hydrogen-bond acceptors (Lipinski definition) is 6. The average molecular weight is 378 g/mol. The fourth-order valence-electron chi connectivity index (χ4n) is 2.86. The maximum Gasteiger partial charge on any atom is 0.291 e. The fourth-order valence-corrected chi connectivity index (χ4v) is 3.86. The fraction of sp³-hybridized carbons (Fsp3) is 0.150. The maximum atomic E-state index is 12.1. The molecule has 3 heterocycles. The third kappa shape index (κ3) is 3.54. The number of hydrogen-bond donors (Lipinski definition) is 2. The van der Waals surface area contributed by atoms with Crippen LogP contribution in [0.5, 0.6) is 0 Å². The molecule has 0 saturated heterocycles. The monoisotopic (exact) mass is 378 g/mol. The Morgan fingerprint density at radius 1 is 1.19 bits per heavy atom. The molecule has 1 aromatic carbocycles. The second kappa shape index (κ2) is 7.20. The standard InChI is InChI=1S/C20H18N4O2S/c1-12-13(2)27-20-17(12)18(22-11-23-20)21-10-14-5-3-6-15(9-14)24-19(25)16-7-4-8-26-16/h3-9,11H,10H2,1-2H3,(H,24,25)(H,21,22,23). The molecule has 0 spiro atoms. The predicted octanol–water partition coefficient (Wildman–Crippen LogP) is 4.77. The normalized spacial score (nSPS) is 10.9. The summed E-state index contributed by atoms with van der Waals surface area (Å²) in [6.07, 6.45) is 3.06. The number of benzene rings is 1. The van der Waals surface area contributed by atoms with E-state index in [1.54, 1.807) is 29.8 Å². The molecule has 6 nitrogen and oxygen atoms in total. The van der Waals surface area contributed by atoms with Gasteiger partial charge in [0, 0.05) is 17.1 Å². The molecule has 1 amide bonds. The summed E-state index contributed by atoms with van der Waals surface area (Å²) in [4.78, 5) is 23.1. The molecule has 0 unspecified atom stereocenters. The molecule has 7 heteroatoms. The molecule has 0 aliphatic rings. The predicted molar refractivity (Wildman–Crippen MR) is 107 cm³/mol. The number of furan rings is 1. The summed E-state index contributed by atoms with van der Waals surface area (Å²) in [7, 11) is 0. The van der Waals surface area contributed by atoms with E-state index in [2.05, 4.69) is 34.4 Å². The summed E-state index contributed by atoms with van der Waals surface area (Å²) in [5.41, 5.74) is 2.95. The van der Waals surface area contributed by atoms with Gasteiger partial charge in [-0.1, -0.05) is 12.1 Å². The van der Waals surface area contributed by atoms with Crippen LogP contribution in [0.3, 0.4) is 0 Å². The van der Waals surface area contributed by atoms with Gasteiger partial charge in [-0.2, -0.15) is 0 Å². The quantitative estimate of drug-likeness (QED) is 0.523. The van der Waals surface area contributed by atoms with Crippen molar-refractivity contribution in [2.75, 3.05) is 10.6 Å². The van der Waals surface area contributed by atoms with E-state index in [9.17, 15) is 4.79 Å². The number of carbonyl (C=O) groups excluding carboxylic acids is 1. The van der Waals surface area contributed by atoms with E-state index in [0.717, 1.165) is 21.6 Å². The Bertz CT molecular complexity index is 1100. The highest BCUT2D eigenvalue weighted by Crippen LogP contribution is 2.32. The molecule has 136 valence electrons. The summed E-state index contributed by atoms with van der Waals surface area (Å²) in [5.74, 6) is 0.837. The number of anilines is 2. The van der Waals surface area contributed by atoms with Crippen LogP contribution < -0.4 is 10.6 Å². The van der Waals surface area contributed by atoms with Gasteiger partial charge in [-0.25, -0.2) is 9.97 Å². The van der Waals surface area contributed by atoms with Crippen molar-refractivity contribution in [1.82, 2.24) is 9.97 Å². The van der Waals surface area contributed by atoms with Crippen LogP contribution in [0.2, 0.25) is 0 Å². The molecule has 27 heavy (non-hydrogen) atoms. The van der Waals surface area contributed by atoms with E-state index in [0.29, 0.717) is 12.2 Å². The molecule has 4 rings (SSSR count). The summed E-state index contributed by atoms with van der Waals surface area (Å²) < 4.78 is 5.12. The van der Waals surface area contributed by atoms with Crippen LogP contribution in [0.15, 0.2) is 53.4 Å². The smallest absolute Gasteiger partial charge is 0.291 e. The number of thiophene rings is 1. The molecular weight excluding hydrogens is 360 g/mol. The summed E-state index contributed by atoms with van der Waals surface area (Å²) in [6.45, 7) is 4.77. The molecule has 0 saturated carbocycles. The summed E-state index contributed by atoms with van der Waals surface area (Å²) >= 11 is 1.68. The van der Waals surface area contributed by atoms with Crippen molar-refractivity contribution < 1.29 is 9.21 Å². The Hall–Kier alpha value is -3.19. The van der Waals surface area contributed by atoms with Gasteiger partial charge in [0.25, 0.3) is 5.91 Å². The van der Waals surface area contributed by atoms with Gasteiger partial charge < -0.3 is 15.1 Å². The largest absolute Gasteiger partial charge is 0.459 e. The zero-order valence-corrected chi connectivity index (χ0v) is 15.8. The van der Waals surface area contributed by atoms with Crippen molar-refractivity contribution in [3.05, 3.63) is 70.8 Å². The van der Waals surface area contributed by atoms with Gasteiger partial charge in [-0.15, -0.1) is 11.3 Å². The van der Waals surface area contributed by atoms with Crippen molar-refractivity contribution in [2.24, 2.45) is 0 Å². The molecule has 0 radical (unpaired) electrons. The molecule has 0 aliphatic carbocycles. The Morgan fingerprint density at radius 3 is 2.89 bits per heavy atom. The first-order chi connectivity index (χ1) is 13.1. The van der Waals surface area contributed by atoms with Crippen LogP contribution in [0.1, 0.15) is 26.6 Å². The number of nitrogens with one attached hydrogen (secondary N) is 2. The van der Waals surface area contributed by atoms with Crippen LogP contribution in [-0.4, -0.2) is 15.9 Å². The minimum absolute atomic E-state index is 0.271. The van der Waals surface area contributed by atoms with Crippen molar-refractivity contribution in [1.29, 1.82) is 0 Å². The van der Waals surface area contributed by atoms with Crippen molar-refractivity contribution in [3.63, 3.8) is 0 Å². The Kier molecular flexibility index (Phi) is 4.60. The SMILES string of the molecule is Cc1sc2ncnc(NCc3cccc(NC(=O)c4ccco4)c3)c2c1C. The van der Waals surface area contributed by atoms with Crippen molar-refractivity contribution >= 4 is 39.0 Å². The highest BCUT2D eigenvalue weighted by molar-refractivity contribution is 7.18. The number of rotatable bonds is 5. The minimum atomic E-state index is -0.271. The molecule has 0 atom stereocenters. The first-order valence-electron chi connectivity index (χ1n) is 8.50. The molecule has 0 bridgehead atoms. The van der Waals surface area contributed by atoms with Gasteiger partial charge in [0.15, 0.2) is 5.76 Å². The van der Waals surface area contributed by atoms with Gasteiger partial charge in [-0.3, -0.25) is 4.79 Å². The topological polar surface area (TPSA) is 80.0 Å². The van der Waals surface area contributed by atoms with Gasteiger partial charge in [0.2, 0.25) is 0 Å². The highest BCUT2D eigenvalue weighted by Gasteiger charge is 2.12. The lowest BCUT2D eigenvalue weighted by molar-refractivity contribution is 0.0996. The zero-order chi connectivity index (χ0) is 18.8. The maximum absolute atomic E-state index is 12.1. The molecule has 0 aliphatic heterocycles. The molecule has 3 aromatic heterocycles. The van der Waals surface area contributed by atoms with Crippen LogP contribution in [0.4, 0.5) is 11.5 Å². The minimum Gasteiger partial charge on any atom is -0.459 e. The van der Waals surface area contributed by atoms with Gasteiger partial charge in [0.05, 0.1) is 11.6 Å². The second-order valence-electron chi connectivity index (χ2n) is 6.17. The highest BCUT2D eigenvalue weighted by atomic mass is 32.1. The van der Waals surface area contributed by atoms with Crippen LogP contribution in [0.25, 0.3) is 10.2 Å². The number of aromatic nitrogens is 2. The first kappa shape index (κ1) is 17.2.